The average molecular weight is 230 g/mol. The van der Waals surface area contributed by atoms with Gasteiger partial charge in [0.15, 0.2) is 0 Å². The molecule has 2 fully saturated rings. The highest BCUT2D eigenvalue weighted by Gasteiger charge is 2.58. The largest absolute Gasteiger partial charge is 0.326 e. The minimum Gasteiger partial charge on any atom is -0.326 e. The Morgan fingerprint density at radius 3 is 2.47 bits per heavy atom. The Hall–Kier alpha value is -1.68. The summed E-state index contributed by atoms with van der Waals surface area (Å²) in [5.74, 6) is -0.0308. The maximum absolute atomic E-state index is 11.8. The number of rotatable bonds is 3. The fraction of sp³-hybridized carbons (Fsp3) is 0.385. The number of nitrogens with zero attached hydrogens (tertiary/aromatic N) is 1. The van der Waals surface area contributed by atoms with E-state index in [-0.39, 0.29) is 23.7 Å². The summed E-state index contributed by atoms with van der Waals surface area (Å²) < 4.78 is 0. The van der Waals surface area contributed by atoms with Gasteiger partial charge in [-0.1, -0.05) is 24.3 Å². The van der Waals surface area contributed by atoms with Crippen molar-refractivity contribution in [3.05, 3.63) is 35.4 Å². The summed E-state index contributed by atoms with van der Waals surface area (Å²) in [7, 11) is 0. The van der Waals surface area contributed by atoms with Crippen LogP contribution in [0, 0.1) is 11.8 Å². The Bertz CT molecular complexity index is 478. The van der Waals surface area contributed by atoms with Crippen LogP contribution in [0.15, 0.2) is 24.3 Å². The van der Waals surface area contributed by atoms with Gasteiger partial charge >= 0.3 is 0 Å². The molecule has 1 heterocycles. The van der Waals surface area contributed by atoms with Gasteiger partial charge in [0, 0.05) is 6.54 Å². The third-order valence-electron chi connectivity index (χ3n) is 3.52. The molecule has 17 heavy (non-hydrogen) atoms. The number of fused-ring (bicyclic) bond motifs is 1. The van der Waals surface area contributed by atoms with E-state index in [4.69, 9.17) is 5.73 Å². The van der Waals surface area contributed by atoms with E-state index >= 15 is 0 Å². The van der Waals surface area contributed by atoms with Gasteiger partial charge in [-0.05, 0) is 17.5 Å². The molecule has 4 heteroatoms. The molecule has 0 spiro atoms. The first kappa shape index (κ1) is 10.5. The number of piperidine rings is 1. The van der Waals surface area contributed by atoms with Crippen LogP contribution in [0.1, 0.15) is 17.5 Å². The molecular formula is C13H14N2O2. The fourth-order valence-electron chi connectivity index (χ4n) is 2.44. The summed E-state index contributed by atoms with van der Waals surface area (Å²) in [6, 6.07) is 7.71. The number of carbonyl (C=O) groups excluding carboxylic acids is 2. The quantitative estimate of drug-likeness (QED) is 0.775. The normalized spacial score (nSPS) is 26.3. The van der Waals surface area contributed by atoms with Gasteiger partial charge < -0.3 is 5.73 Å². The number of benzene rings is 1. The minimum absolute atomic E-state index is 0.00171. The highest BCUT2D eigenvalue weighted by Crippen LogP contribution is 2.47. The van der Waals surface area contributed by atoms with E-state index in [1.807, 2.05) is 24.3 Å². The van der Waals surface area contributed by atoms with Crippen molar-refractivity contribution in [2.45, 2.75) is 19.5 Å². The average Bonchev–Trinajstić information content (AvgIpc) is 3.10. The number of likely N-dealkylation sites (tertiary alicyclic amines) is 1. The van der Waals surface area contributed by atoms with Gasteiger partial charge in [-0.3, -0.25) is 14.5 Å². The summed E-state index contributed by atoms with van der Waals surface area (Å²) in [5, 5.41) is 0. The molecule has 1 aromatic rings. The second-order valence-corrected chi connectivity index (χ2v) is 4.74. The third-order valence-corrected chi connectivity index (χ3v) is 3.52. The number of nitrogens with two attached hydrogens (primary N) is 1. The van der Waals surface area contributed by atoms with Crippen molar-refractivity contribution in [3.8, 4) is 0 Å². The first-order valence-corrected chi connectivity index (χ1v) is 5.84. The summed E-state index contributed by atoms with van der Waals surface area (Å²) in [4.78, 5) is 25.0. The van der Waals surface area contributed by atoms with Crippen molar-refractivity contribution >= 4 is 11.8 Å². The van der Waals surface area contributed by atoms with Crippen molar-refractivity contribution in [2.24, 2.45) is 17.6 Å². The molecule has 0 bridgehead atoms. The first-order valence-electron chi connectivity index (χ1n) is 5.84. The molecule has 0 radical (unpaired) electrons. The Morgan fingerprint density at radius 1 is 1.18 bits per heavy atom. The lowest BCUT2D eigenvalue weighted by Crippen LogP contribution is -2.32. The summed E-state index contributed by atoms with van der Waals surface area (Å²) in [6.07, 6.45) is 0.761. The monoisotopic (exact) mass is 230 g/mol. The van der Waals surface area contributed by atoms with E-state index in [1.54, 1.807) is 0 Å². The van der Waals surface area contributed by atoms with Crippen molar-refractivity contribution < 1.29 is 9.59 Å². The number of hydrogen-bond acceptors (Lipinski definition) is 3. The van der Waals surface area contributed by atoms with Crippen LogP contribution in [-0.4, -0.2) is 16.7 Å². The molecule has 2 N–H and O–H groups in total. The molecule has 2 amide bonds. The van der Waals surface area contributed by atoms with Gasteiger partial charge in [-0.15, -0.1) is 0 Å². The van der Waals surface area contributed by atoms with Gasteiger partial charge in [0.25, 0.3) is 0 Å². The molecule has 1 aliphatic heterocycles. The Kier molecular flexibility index (Phi) is 2.26. The molecule has 2 unspecified atom stereocenters. The zero-order valence-corrected chi connectivity index (χ0v) is 9.43. The van der Waals surface area contributed by atoms with Crippen molar-refractivity contribution in [2.75, 3.05) is 0 Å². The molecule has 2 aliphatic rings. The van der Waals surface area contributed by atoms with Gasteiger partial charge in [0.05, 0.1) is 18.4 Å². The zero-order chi connectivity index (χ0) is 12.0. The summed E-state index contributed by atoms with van der Waals surface area (Å²) in [5.41, 5.74) is 7.55. The Balaban J connectivity index is 1.78. The van der Waals surface area contributed by atoms with Crippen LogP contribution in [0.5, 0.6) is 0 Å². The third kappa shape index (κ3) is 1.65. The second kappa shape index (κ2) is 3.67. The Labute approximate surface area is 99.4 Å². The van der Waals surface area contributed by atoms with Crippen LogP contribution in [-0.2, 0) is 22.7 Å². The van der Waals surface area contributed by atoms with Crippen LogP contribution < -0.4 is 5.73 Å². The number of hydrogen-bond donors (Lipinski definition) is 1. The number of imide groups is 1. The number of carbonyl (C=O) groups is 2. The van der Waals surface area contributed by atoms with Gasteiger partial charge in [-0.2, -0.15) is 0 Å². The lowest BCUT2D eigenvalue weighted by Gasteiger charge is -2.16. The first-order chi connectivity index (χ1) is 8.20. The molecule has 0 aromatic heterocycles. The molecule has 1 saturated heterocycles. The van der Waals surface area contributed by atoms with E-state index in [9.17, 15) is 9.59 Å². The summed E-state index contributed by atoms with van der Waals surface area (Å²) in [6.45, 7) is 0.861. The molecule has 1 aliphatic carbocycles. The van der Waals surface area contributed by atoms with E-state index in [1.165, 1.54) is 4.90 Å². The predicted octanol–water partition coefficient (Wildman–Crippen LogP) is 0.650. The van der Waals surface area contributed by atoms with Crippen LogP contribution in [0.25, 0.3) is 0 Å². The molecule has 4 nitrogen and oxygen atoms in total. The molecule has 2 atom stereocenters. The topological polar surface area (TPSA) is 63.4 Å². The highest BCUT2D eigenvalue weighted by molar-refractivity contribution is 6.08. The van der Waals surface area contributed by atoms with E-state index in [0.717, 1.165) is 17.5 Å². The smallest absolute Gasteiger partial charge is 0.233 e. The second-order valence-electron chi connectivity index (χ2n) is 4.74. The number of amides is 2. The maximum atomic E-state index is 11.8. The van der Waals surface area contributed by atoms with Crippen molar-refractivity contribution in [1.82, 2.24) is 4.90 Å². The van der Waals surface area contributed by atoms with Crippen LogP contribution in [0.2, 0.25) is 0 Å². The van der Waals surface area contributed by atoms with Crippen LogP contribution in [0.4, 0.5) is 0 Å². The molecule has 3 rings (SSSR count). The SMILES string of the molecule is NCc1cccc(CN2C(=O)C3CC3C2=O)c1. The molecule has 88 valence electrons. The van der Waals surface area contributed by atoms with Crippen LogP contribution in [0.3, 0.4) is 0 Å². The van der Waals surface area contributed by atoms with Gasteiger partial charge in [0.2, 0.25) is 11.8 Å². The standard InChI is InChI=1S/C13H14N2O2/c14-6-8-2-1-3-9(4-8)7-15-12(16)10-5-11(10)13(15)17/h1-4,10-11H,5-7,14H2. The molecule has 1 aromatic carbocycles. The molecule has 1 saturated carbocycles. The van der Waals surface area contributed by atoms with Gasteiger partial charge in [0.1, 0.15) is 0 Å². The lowest BCUT2D eigenvalue weighted by molar-refractivity contribution is -0.142. The van der Waals surface area contributed by atoms with Crippen molar-refractivity contribution in [1.29, 1.82) is 0 Å². The minimum atomic E-state index is -0.0137. The van der Waals surface area contributed by atoms with E-state index in [2.05, 4.69) is 0 Å². The highest BCUT2D eigenvalue weighted by atomic mass is 16.2. The van der Waals surface area contributed by atoms with E-state index < -0.39 is 0 Å². The van der Waals surface area contributed by atoms with Gasteiger partial charge in [-0.25, -0.2) is 0 Å². The molecular weight excluding hydrogens is 216 g/mol. The fourth-order valence-corrected chi connectivity index (χ4v) is 2.44. The maximum Gasteiger partial charge on any atom is 0.233 e. The lowest BCUT2D eigenvalue weighted by atomic mass is 10.1. The predicted molar refractivity (Wildman–Crippen MR) is 61.5 cm³/mol. The Morgan fingerprint density at radius 2 is 1.82 bits per heavy atom. The van der Waals surface area contributed by atoms with Crippen molar-refractivity contribution in [3.63, 3.8) is 0 Å². The zero-order valence-electron chi connectivity index (χ0n) is 9.43. The van der Waals surface area contributed by atoms with Crippen LogP contribution >= 0.6 is 0 Å². The summed E-state index contributed by atoms with van der Waals surface area (Å²) >= 11 is 0. The van der Waals surface area contributed by atoms with E-state index in [0.29, 0.717) is 13.1 Å².